The van der Waals surface area contributed by atoms with Gasteiger partial charge >= 0.3 is 5.97 Å². The highest BCUT2D eigenvalue weighted by atomic mass is 79.9. The lowest BCUT2D eigenvalue weighted by Crippen LogP contribution is -2.35. The molecule has 1 fully saturated rings. The first-order valence-electron chi connectivity index (χ1n) is 6.12. The lowest BCUT2D eigenvalue weighted by atomic mass is 10.3. The van der Waals surface area contributed by atoms with Gasteiger partial charge in [0.05, 0.1) is 10.9 Å². The Morgan fingerprint density at radius 1 is 1.43 bits per heavy atom. The summed E-state index contributed by atoms with van der Waals surface area (Å²) in [6.07, 6.45) is 0.0614. The van der Waals surface area contributed by atoms with Crippen LogP contribution in [0, 0.1) is 0 Å². The third-order valence-electron chi connectivity index (χ3n) is 2.98. The van der Waals surface area contributed by atoms with E-state index in [0.29, 0.717) is 5.69 Å². The van der Waals surface area contributed by atoms with Gasteiger partial charge in [-0.3, -0.25) is 14.4 Å². The fourth-order valence-electron chi connectivity index (χ4n) is 1.89. The molecule has 0 bridgehead atoms. The smallest absolute Gasteiger partial charge is 0.321 e. The maximum Gasteiger partial charge on any atom is 0.321 e. The van der Waals surface area contributed by atoms with Gasteiger partial charge in [0.25, 0.3) is 0 Å². The second-order valence-corrected chi connectivity index (χ2v) is 6.67. The normalized spacial score (nSPS) is 19.9. The van der Waals surface area contributed by atoms with Crippen molar-refractivity contribution in [3.8, 4) is 0 Å². The number of imide groups is 1. The van der Waals surface area contributed by atoms with Crippen molar-refractivity contribution in [1.29, 1.82) is 0 Å². The average Bonchev–Trinajstić information content (AvgIpc) is 2.72. The Hall–Kier alpha value is -1.38. The number of benzene rings is 1. The summed E-state index contributed by atoms with van der Waals surface area (Å²) in [5.41, 5.74) is 5.91. The summed E-state index contributed by atoms with van der Waals surface area (Å²) in [5, 5.41) is 8.15. The predicted octanol–water partition coefficient (Wildman–Crippen LogP) is 1.23. The molecule has 1 saturated heterocycles. The van der Waals surface area contributed by atoms with Gasteiger partial charge in [-0.15, -0.1) is 11.8 Å². The first-order chi connectivity index (χ1) is 9.90. The van der Waals surface area contributed by atoms with E-state index in [4.69, 9.17) is 10.8 Å². The molecule has 2 atom stereocenters. The summed E-state index contributed by atoms with van der Waals surface area (Å²) >= 11 is 4.40. The van der Waals surface area contributed by atoms with E-state index >= 15 is 0 Å². The van der Waals surface area contributed by atoms with E-state index in [0.717, 1.165) is 21.1 Å². The number of nitrogens with two attached hydrogens (primary N) is 1. The molecular formula is C13H13BrN2O4S. The first kappa shape index (κ1) is 16.0. The second-order valence-electron chi connectivity index (χ2n) is 4.51. The quantitative estimate of drug-likeness (QED) is 0.753. The fraction of sp³-hybridized carbons (Fsp3) is 0.308. The third-order valence-corrected chi connectivity index (χ3v) is 4.84. The summed E-state index contributed by atoms with van der Waals surface area (Å²) in [5.74, 6) is -1.65. The molecule has 0 radical (unpaired) electrons. The molecule has 6 nitrogen and oxygen atoms in total. The number of nitrogens with zero attached hydrogens (tertiary/aromatic N) is 1. The van der Waals surface area contributed by atoms with Gasteiger partial charge in [-0.05, 0) is 24.3 Å². The molecule has 1 aromatic carbocycles. The average molecular weight is 373 g/mol. The van der Waals surface area contributed by atoms with Gasteiger partial charge in [0.2, 0.25) is 11.8 Å². The molecule has 1 aliphatic heterocycles. The molecular weight excluding hydrogens is 360 g/mol. The Kier molecular flexibility index (Phi) is 5.02. The maximum absolute atomic E-state index is 12.3. The summed E-state index contributed by atoms with van der Waals surface area (Å²) < 4.78 is 0.851. The van der Waals surface area contributed by atoms with Crippen molar-refractivity contribution >= 4 is 51.2 Å². The molecule has 112 valence electrons. The molecule has 1 aliphatic rings. The molecule has 21 heavy (non-hydrogen) atoms. The van der Waals surface area contributed by atoms with Gasteiger partial charge in [0.1, 0.15) is 6.04 Å². The molecule has 0 unspecified atom stereocenters. The number of aliphatic carboxylic acids is 1. The third kappa shape index (κ3) is 3.63. The first-order valence-corrected chi connectivity index (χ1v) is 7.96. The van der Waals surface area contributed by atoms with Crippen molar-refractivity contribution in [2.45, 2.75) is 17.7 Å². The van der Waals surface area contributed by atoms with Crippen molar-refractivity contribution < 1.29 is 19.5 Å². The molecule has 0 aromatic heterocycles. The largest absolute Gasteiger partial charge is 0.480 e. The molecule has 0 aliphatic carbocycles. The fourth-order valence-corrected chi connectivity index (χ4v) is 3.24. The molecule has 1 aromatic rings. The lowest BCUT2D eigenvalue weighted by molar-refractivity contribution is -0.138. The number of carbonyl (C=O) groups is 3. The minimum atomic E-state index is -1.12. The Morgan fingerprint density at radius 2 is 2.05 bits per heavy atom. The van der Waals surface area contributed by atoms with Crippen LogP contribution in [0.4, 0.5) is 5.69 Å². The van der Waals surface area contributed by atoms with E-state index in [2.05, 4.69) is 15.9 Å². The van der Waals surface area contributed by atoms with Gasteiger partial charge < -0.3 is 10.8 Å². The number of hydrogen-bond donors (Lipinski definition) is 2. The SMILES string of the molecule is N[C@@H](CS[C@@H]1CC(=O)N(c2ccc(Br)cc2)C1=O)C(=O)O. The van der Waals surface area contributed by atoms with E-state index in [1.807, 2.05) is 0 Å². The molecule has 0 spiro atoms. The zero-order valence-corrected chi connectivity index (χ0v) is 13.3. The van der Waals surface area contributed by atoms with Crippen LogP contribution in [0.25, 0.3) is 0 Å². The van der Waals surface area contributed by atoms with E-state index in [9.17, 15) is 14.4 Å². The number of amides is 2. The van der Waals surface area contributed by atoms with Crippen LogP contribution in [-0.4, -0.2) is 39.9 Å². The minimum Gasteiger partial charge on any atom is -0.480 e. The summed E-state index contributed by atoms with van der Waals surface area (Å²) in [6, 6.07) is 5.80. The summed E-state index contributed by atoms with van der Waals surface area (Å²) in [7, 11) is 0. The monoisotopic (exact) mass is 372 g/mol. The number of thioether (sulfide) groups is 1. The summed E-state index contributed by atoms with van der Waals surface area (Å²) in [4.78, 5) is 36.1. The number of hydrogen-bond acceptors (Lipinski definition) is 5. The summed E-state index contributed by atoms with van der Waals surface area (Å²) in [6.45, 7) is 0. The van der Waals surface area contributed by atoms with Gasteiger partial charge in [-0.1, -0.05) is 15.9 Å². The number of anilines is 1. The van der Waals surface area contributed by atoms with E-state index in [1.165, 1.54) is 0 Å². The highest BCUT2D eigenvalue weighted by Gasteiger charge is 2.40. The Balaban J connectivity index is 2.06. The molecule has 1 heterocycles. The lowest BCUT2D eigenvalue weighted by Gasteiger charge is -2.15. The van der Waals surface area contributed by atoms with Crippen LogP contribution in [0.15, 0.2) is 28.7 Å². The van der Waals surface area contributed by atoms with Gasteiger partial charge in [0.15, 0.2) is 0 Å². The zero-order chi connectivity index (χ0) is 15.6. The van der Waals surface area contributed by atoms with Crippen LogP contribution >= 0.6 is 27.7 Å². The Labute approximate surface area is 133 Å². The molecule has 0 saturated carbocycles. The molecule has 2 rings (SSSR count). The van der Waals surface area contributed by atoms with Crippen LogP contribution in [0.2, 0.25) is 0 Å². The van der Waals surface area contributed by atoms with E-state index in [-0.39, 0.29) is 24.0 Å². The Bertz CT molecular complexity index is 578. The van der Waals surface area contributed by atoms with Gasteiger partial charge in [-0.25, -0.2) is 4.90 Å². The number of halogens is 1. The van der Waals surface area contributed by atoms with E-state index in [1.54, 1.807) is 24.3 Å². The number of carbonyl (C=O) groups excluding carboxylic acids is 2. The number of carboxylic acids is 1. The highest BCUT2D eigenvalue weighted by molar-refractivity contribution is 9.10. The maximum atomic E-state index is 12.3. The van der Waals surface area contributed by atoms with Gasteiger partial charge in [0, 0.05) is 16.6 Å². The van der Waals surface area contributed by atoms with Crippen LogP contribution in [0.3, 0.4) is 0 Å². The number of rotatable bonds is 5. The Morgan fingerprint density at radius 3 is 2.62 bits per heavy atom. The van der Waals surface area contributed by atoms with Crippen molar-refractivity contribution in [3.63, 3.8) is 0 Å². The standard InChI is InChI=1S/C13H13BrN2O4S/c14-7-1-3-8(4-2-7)16-11(17)5-10(12(16)18)21-6-9(15)13(19)20/h1-4,9-10H,5-6,15H2,(H,19,20)/t9-,10+/m0/s1. The van der Waals surface area contributed by atoms with Crippen LogP contribution in [-0.2, 0) is 14.4 Å². The minimum absolute atomic E-state index is 0.0614. The van der Waals surface area contributed by atoms with Crippen molar-refractivity contribution in [3.05, 3.63) is 28.7 Å². The van der Waals surface area contributed by atoms with Crippen molar-refractivity contribution in [2.75, 3.05) is 10.7 Å². The molecule has 2 amide bonds. The van der Waals surface area contributed by atoms with Crippen LogP contribution in [0.1, 0.15) is 6.42 Å². The zero-order valence-electron chi connectivity index (χ0n) is 10.9. The topological polar surface area (TPSA) is 101 Å². The number of carboxylic acid groups (broad SMARTS) is 1. The van der Waals surface area contributed by atoms with Crippen LogP contribution < -0.4 is 10.6 Å². The van der Waals surface area contributed by atoms with Gasteiger partial charge in [-0.2, -0.15) is 0 Å². The molecule has 8 heteroatoms. The van der Waals surface area contributed by atoms with Crippen molar-refractivity contribution in [1.82, 2.24) is 0 Å². The van der Waals surface area contributed by atoms with E-state index < -0.39 is 17.3 Å². The van der Waals surface area contributed by atoms with Crippen LogP contribution in [0.5, 0.6) is 0 Å². The highest BCUT2D eigenvalue weighted by Crippen LogP contribution is 2.30. The van der Waals surface area contributed by atoms with Crippen molar-refractivity contribution in [2.24, 2.45) is 5.73 Å². The predicted molar refractivity (Wildman–Crippen MR) is 83.1 cm³/mol. The second kappa shape index (κ2) is 6.59. The molecule has 3 N–H and O–H groups in total.